The molecule has 1 aliphatic rings. The van der Waals surface area contributed by atoms with Gasteiger partial charge in [-0.2, -0.15) is 5.26 Å². The zero-order chi connectivity index (χ0) is 9.68. The highest BCUT2D eigenvalue weighted by molar-refractivity contribution is 4.81. The van der Waals surface area contributed by atoms with E-state index in [0.717, 1.165) is 19.6 Å². The maximum absolute atomic E-state index is 8.46. The van der Waals surface area contributed by atoms with Crippen LogP contribution in [0.15, 0.2) is 0 Å². The van der Waals surface area contributed by atoms with E-state index in [1.165, 1.54) is 6.42 Å². The van der Waals surface area contributed by atoms with Gasteiger partial charge >= 0.3 is 0 Å². The van der Waals surface area contributed by atoms with Crippen LogP contribution in [0.1, 0.15) is 19.8 Å². The molecule has 1 saturated heterocycles. The summed E-state index contributed by atoms with van der Waals surface area (Å²) in [6, 6.07) is 2.18. The SMILES string of the molecule is COC1CN(CCC#N)CCC1C. The number of hydrogen-bond acceptors (Lipinski definition) is 3. The van der Waals surface area contributed by atoms with Gasteiger partial charge in [-0.25, -0.2) is 0 Å². The van der Waals surface area contributed by atoms with Crippen LogP contribution in [0.3, 0.4) is 0 Å². The molecule has 3 nitrogen and oxygen atoms in total. The highest BCUT2D eigenvalue weighted by Crippen LogP contribution is 2.19. The van der Waals surface area contributed by atoms with Crippen LogP contribution in [0.5, 0.6) is 0 Å². The number of nitrogens with zero attached hydrogens (tertiary/aromatic N) is 2. The van der Waals surface area contributed by atoms with Crippen LogP contribution in [0, 0.1) is 17.2 Å². The molecule has 74 valence electrons. The van der Waals surface area contributed by atoms with E-state index in [4.69, 9.17) is 10.00 Å². The lowest BCUT2D eigenvalue weighted by Crippen LogP contribution is -2.44. The third kappa shape index (κ3) is 2.98. The maximum Gasteiger partial charge on any atom is 0.0724 e. The summed E-state index contributed by atoms with van der Waals surface area (Å²) in [5.74, 6) is 0.656. The molecule has 2 unspecified atom stereocenters. The Balaban J connectivity index is 2.32. The third-order valence-electron chi connectivity index (χ3n) is 2.82. The first kappa shape index (κ1) is 10.5. The molecular weight excluding hydrogens is 164 g/mol. The number of methoxy groups -OCH3 is 1. The van der Waals surface area contributed by atoms with Gasteiger partial charge in [-0.3, -0.25) is 4.90 Å². The summed E-state index contributed by atoms with van der Waals surface area (Å²) in [7, 11) is 1.77. The van der Waals surface area contributed by atoms with Gasteiger partial charge < -0.3 is 4.74 Å². The van der Waals surface area contributed by atoms with Crippen LogP contribution in [0.4, 0.5) is 0 Å². The van der Waals surface area contributed by atoms with Crippen molar-refractivity contribution < 1.29 is 4.74 Å². The highest BCUT2D eigenvalue weighted by atomic mass is 16.5. The lowest BCUT2D eigenvalue weighted by Gasteiger charge is -2.35. The maximum atomic E-state index is 8.46. The first-order valence-electron chi connectivity index (χ1n) is 4.90. The quantitative estimate of drug-likeness (QED) is 0.659. The molecule has 1 aliphatic heterocycles. The standard InChI is InChI=1S/C10H18N2O/c1-9-4-7-12(6-3-5-11)8-10(9)13-2/h9-10H,3-4,6-8H2,1-2H3. The highest BCUT2D eigenvalue weighted by Gasteiger charge is 2.25. The van der Waals surface area contributed by atoms with Crippen LogP contribution < -0.4 is 0 Å². The van der Waals surface area contributed by atoms with E-state index in [1.807, 2.05) is 0 Å². The molecule has 13 heavy (non-hydrogen) atoms. The summed E-state index contributed by atoms with van der Waals surface area (Å²) in [5, 5.41) is 8.46. The largest absolute Gasteiger partial charge is 0.380 e. The Morgan fingerprint density at radius 3 is 3.00 bits per heavy atom. The minimum Gasteiger partial charge on any atom is -0.380 e. The minimum absolute atomic E-state index is 0.354. The molecule has 2 atom stereocenters. The van der Waals surface area contributed by atoms with E-state index in [2.05, 4.69) is 17.9 Å². The first-order chi connectivity index (χ1) is 6.27. The molecular formula is C10H18N2O. The third-order valence-corrected chi connectivity index (χ3v) is 2.82. The molecule has 0 aliphatic carbocycles. The van der Waals surface area contributed by atoms with Gasteiger partial charge in [-0.15, -0.1) is 0 Å². The van der Waals surface area contributed by atoms with Crippen molar-refractivity contribution >= 4 is 0 Å². The van der Waals surface area contributed by atoms with Gasteiger partial charge in [0.2, 0.25) is 0 Å². The van der Waals surface area contributed by atoms with Crippen LogP contribution in [-0.4, -0.2) is 37.7 Å². The molecule has 1 rings (SSSR count). The average Bonchev–Trinajstić information content (AvgIpc) is 2.16. The summed E-state index contributed by atoms with van der Waals surface area (Å²) in [6.07, 6.45) is 2.17. The Morgan fingerprint density at radius 1 is 1.62 bits per heavy atom. The second-order valence-electron chi connectivity index (χ2n) is 3.75. The summed E-state index contributed by atoms with van der Waals surface area (Å²) < 4.78 is 5.39. The van der Waals surface area contributed by atoms with E-state index in [0.29, 0.717) is 18.4 Å². The Labute approximate surface area is 80.3 Å². The van der Waals surface area contributed by atoms with E-state index < -0.39 is 0 Å². The topological polar surface area (TPSA) is 36.3 Å². The smallest absolute Gasteiger partial charge is 0.0724 e. The molecule has 1 fully saturated rings. The Kier molecular flexibility index (Phi) is 4.20. The number of ether oxygens (including phenoxy) is 1. The van der Waals surface area contributed by atoms with Crippen LogP contribution in [0.2, 0.25) is 0 Å². The summed E-state index contributed by atoms with van der Waals surface area (Å²) in [4.78, 5) is 2.32. The average molecular weight is 182 g/mol. The van der Waals surface area contributed by atoms with Gasteiger partial charge in [0.15, 0.2) is 0 Å². The van der Waals surface area contributed by atoms with E-state index in [-0.39, 0.29) is 0 Å². The molecule has 0 aromatic carbocycles. The molecule has 0 aromatic rings. The molecule has 0 bridgehead atoms. The number of likely N-dealkylation sites (tertiary alicyclic amines) is 1. The molecule has 0 amide bonds. The lowest BCUT2D eigenvalue weighted by molar-refractivity contribution is -0.00417. The first-order valence-corrected chi connectivity index (χ1v) is 4.90. The molecule has 0 N–H and O–H groups in total. The fourth-order valence-electron chi connectivity index (χ4n) is 1.82. The number of piperidine rings is 1. The van der Waals surface area contributed by atoms with Crippen LogP contribution >= 0.6 is 0 Å². The van der Waals surface area contributed by atoms with Gasteiger partial charge in [-0.05, 0) is 18.9 Å². The zero-order valence-corrected chi connectivity index (χ0v) is 8.49. The predicted octanol–water partition coefficient (Wildman–Crippen LogP) is 1.26. The Hall–Kier alpha value is -0.590. The van der Waals surface area contributed by atoms with E-state index in [1.54, 1.807) is 7.11 Å². The summed E-state index contributed by atoms with van der Waals surface area (Å²) >= 11 is 0. The molecule has 0 spiro atoms. The number of rotatable bonds is 3. The van der Waals surface area contributed by atoms with Crippen molar-refractivity contribution in [2.45, 2.75) is 25.9 Å². The predicted molar refractivity (Wildman–Crippen MR) is 51.2 cm³/mol. The Morgan fingerprint density at radius 2 is 2.38 bits per heavy atom. The second kappa shape index (κ2) is 5.21. The van der Waals surface area contributed by atoms with Crippen molar-refractivity contribution in [1.29, 1.82) is 5.26 Å². The Bertz CT molecular complexity index is 188. The van der Waals surface area contributed by atoms with Crippen molar-refractivity contribution in [1.82, 2.24) is 4.90 Å². The van der Waals surface area contributed by atoms with Gasteiger partial charge in [0.25, 0.3) is 0 Å². The second-order valence-corrected chi connectivity index (χ2v) is 3.75. The van der Waals surface area contributed by atoms with Gasteiger partial charge in [0.05, 0.1) is 12.2 Å². The molecule has 3 heteroatoms. The van der Waals surface area contributed by atoms with E-state index in [9.17, 15) is 0 Å². The van der Waals surface area contributed by atoms with Gasteiger partial charge in [-0.1, -0.05) is 6.92 Å². The number of nitriles is 1. The van der Waals surface area contributed by atoms with Crippen LogP contribution in [0.25, 0.3) is 0 Å². The van der Waals surface area contributed by atoms with Gasteiger partial charge in [0, 0.05) is 26.6 Å². The normalized spacial score (nSPS) is 29.9. The summed E-state index contributed by atoms with van der Waals surface area (Å²) in [6.45, 7) is 5.22. The van der Waals surface area contributed by atoms with Crippen molar-refractivity contribution in [2.75, 3.05) is 26.7 Å². The summed E-state index contributed by atoms with van der Waals surface area (Å²) in [5.41, 5.74) is 0. The minimum atomic E-state index is 0.354. The molecule has 1 heterocycles. The zero-order valence-electron chi connectivity index (χ0n) is 8.49. The lowest BCUT2D eigenvalue weighted by atomic mass is 9.96. The van der Waals surface area contributed by atoms with Crippen molar-refractivity contribution in [3.05, 3.63) is 0 Å². The fraction of sp³-hybridized carbons (Fsp3) is 0.900. The van der Waals surface area contributed by atoms with Crippen molar-refractivity contribution in [3.63, 3.8) is 0 Å². The van der Waals surface area contributed by atoms with Gasteiger partial charge in [0.1, 0.15) is 0 Å². The molecule has 0 radical (unpaired) electrons. The van der Waals surface area contributed by atoms with Crippen molar-refractivity contribution in [3.8, 4) is 6.07 Å². The molecule has 0 saturated carbocycles. The molecule has 0 aromatic heterocycles. The fourth-order valence-corrected chi connectivity index (χ4v) is 1.82. The van der Waals surface area contributed by atoms with E-state index >= 15 is 0 Å². The monoisotopic (exact) mass is 182 g/mol. The van der Waals surface area contributed by atoms with Crippen LogP contribution in [-0.2, 0) is 4.74 Å². The van der Waals surface area contributed by atoms with Crippen molar-refractivity contribution in [2.24, 2.45) is 5.92 Å². The number of hydrogen-bond donors (Lipinski definition) is 0.